The first-order valence-electron chi connectivity index (χ1n) is 13.3. The number of aromatic nitrogens is 3. The first-order chi connectivity index (χ1) is 18.7. The highest BCUT2D eigenvalue weighted by Crippen LogP contribution is 2.58. The molecule has 4 aliphatic rings. The Morgan fingerprint density at radius 1 is 1.18 bits per heavy atom. The fourth-order valence-corrected chi connectivity index (χ4v) is 6.78. The average molecular weight is 541 g/mol. The van der Waals surface area contributed by atoms with E-state index in [-0.39, 0.29) is 53.6 Å². The highest BCUT2D eigenvalue weighted by atomic mass is 19.4. The van der Waals surface area contributed by atoms with Crippen molar-refractivity contribution in [2.24, 2.45) is 11.8 Å². The molecule has 2 bridgehead atoms. The van der Waals surface area contributed by atoms with Gasteiger partial charge in [-0.15, -0.1) is 0 Å². The number of rotatable bonds is 7. The summed E-state index contributed by atoms with van der Waals surface area (Å²) in [5, 5.41) is 13.6. The summed E-state index contributed by atoms with van der Waals surface area (Å²) < 4.78 is 53.4. The van der Waals surface area contributed by atoms with Crippen LogP contribution in [0.15, 0.2) is 34.9 Å². The number of carboxylic acid groups (broad SMARTS) is 1. The van der Waals surface area contributed by atoms with Crippen LogP contribution in [-0.2, 0) is 17.5 Å². The number of hydrogen-bond donors (Lipinski definition) is 1. The molecule has 2 aliphatic carbocycles. The van der Waals surface area contributed by atoms with E-state index in [1.807, 2.05) is 0 Å². The van der Waals surface area contributed by atoms with E-state index in [1.54, 1.807) is 13.0 Å². The van der Waals surface area contributed by atoms with Gasteiger partial charge in [-0.25, -0.2) is 14.8 Å². The number of anilines is 1. The van der Waals surface area contributed by atoms with Crippen molar-refractivity contribution in [2.75, 3.05) is 4.90 Å². The van der Waals surface area contributed by atoms with Gasteiger partial charge in [0.2, 0.25) is 5.95 Å². The molecule has 0 amide bonds. The zero-order valence-corrected chi connectivity index (χ0v) is 21.2. The average Bonchev–Trinajstić information content (AvgIpc) is 3.79. The minimum Gasteiger partial charge on any atom is -0.477 e. The first-order valence-corrected chi connectivity index (χ1v) is 13.3. The largest absolute Gasteiger partial charge is 0.477 e. The molecule has 4 heterocycles. The molecular formula is C28H27F3N4O4. The van der Waals surface area contributed by atoms with Crippen LogP contribution in [0.4, 0.5) is 19.1 Å². The number of fused-ring (bicyclic) bond motifs is 4. The zero-order valence-electron chi connectivity index (χ0n) is 21.2. The Labute approximate surface area is 222 Å². The van der Waals surface area contributed by atoms with Gasteiger partial charge in [0.15, 0.2) is 5.69 Å². The lowest BCUT2D eigenvalue weighted by atomic mass is 9.99. The number of aromatic carboxylic acids is 1. The molecule has 2 aromatic heterocycles. The Kier molecular flexibility index (Phi) is 5.52. The van der Waals surface area contributed by atoms with Crippen LogP contribution in [-0.4, -0.2) is 44.4 Å². The molecule has 204 valence electrons. The molecule has 4 unspecified atom stereocenters. The summed E-state index contributed by atoms with van der Waals surface area (Å²) in [4.78, 5) is 22.6. The van der Waals surface area contributed by atoms with Crippen molar-refractivity contribution in [1.82, 2.24) is 15.1 Å². The monoisotopic (exact) mass is 540 g/mol. The SMILES string of the molecule is Cc1cc(C(=O)O)nc(N2C3CCC2C2C(C3)[C@@H]2OCc2c(-c3ccccc3C(F)(F)F)noc2C2CC2)n1. The van der Waals surface area contributed by atoms with Gasteiger partial charge in [0, 0.05) is 40.7 Å². The summed E-state index contributed by atoms with van der Waals surface area (Å²) in [5.74, 6) is 0.736. The number of hydrogen-bond acceptors (Lipinski definition) is 7. The standard InChI is InChI=1S/C28H27F3N4O4/c1-13-10-20(26(36)37)33-27(32-13)35-15-8-9-21(35)22-17(11-15)25(22)38-12-18-23(34-39-24(18)14-6-7-14)16-4-2-3-5-19(16)28(29,30)31/h2-5,10,14-15,17,21-22,25H,6-9,11-12H2,1H3,(H,36,37)/t15?,17?,21?,22?,25-/m0/s1. The van der Waals surface area contributed by atoms with Crippen LogP contribution in [0, 0.1) is 18.8 Å². The van der Waals surface area contributed by atoms with E-state index in [0.29, 0.717) is 28.9 Å². The van der Waals surface area contributed by atoms with Crippen molar-refractivity contribution in [3.8, 4) is 11.3 Å². The second-order valence-corrected chi connectivity index (χ2v) is 11.1. The molecule has 0 radical (unpaired) electrons. The highest BCUT2D eigenvalue weighted by molar-refractivity contribution is 5.85. The third kappa shape index (κ3) is 4.18. The molecule has 2 saturated carbocycles. The zero-order chi connectivity index (χ0) is 27.1. The van der Waals surface area contributed by atoms with Crippen LogP contribution in [0.25, 0.3) is 11.3 Å². The van der Waals surface area contributed by atoms with Crippen LogP contribution in [0.5, 0.6) is 0 Å². The van der Waals surface area contributed by atoms with Crippen molar-refractivity contribution >= 4 is 11.9 Å². The van der Waals surface area contributed by atoms with Gasteiger partial charge >= 0.3 is 12.1 Å². The molecule has 39 heavy (non-hydrogen) atoms. The molecule has 2 aliphatic heterocycles. The van der Waals surface area contributed by atoms with E-state index in [1.165, 1.54) is 18.2 Å². The van der Waals surface area contributed by atoms with Crippen molar-refractivity contribution < 1.29 is 32.3 Å². The predicted octanol–water partition coefficient (Wildman–Crippen LogP) is 5.61. The Hall–Kier alpha value is -3.47. The first kappa shape index (κ1) is 24.6. The number of carboxylic acids is 1. The third-order valence-electron chi connectivity index (χ3n) is 8.66. The van der Waals surface area contributed by atoms with Gasteiger partial charge in [0.1, 0.15) is 11.5 Å². The van der Waals surface area contributed by atoms with E-state index in [0.717, 1.165) is 38.2 Å². The summed E-state index contributed by atoms with van der Waals surface area (Å²) in [7, 11) is 0. The van der Waals surface area contributed by atoms with Crippen LogP contribution in [0.3, 0.4) is 0 Å². The fourth-order valence-electron chi connectivity index (χ4n) is 6.78. The number of aryl methyl sites for hydroxylation is 1. The van der Waals surface area contributed by atoms with E-state index in [4.69, 9.17) is 9.26 Å². The Bertz CT molecular complexity index is 1450. The number of halogens is 3. The second-order valence-electron chi connectivity index (χ2n) is 11.1. The molecular weight excluding hydrogens is 513 g/mol. The topological polar surface area (TPSA) is 102 Å². The summed E-state index contributed by atoms with van der Waals surface area (Å²) in [6.07, 6.45) is 0.0965. The minimum absolute atomic E-state index is 0.00327. The van der Waals surface area contributed by atoms with Crippen molar-refractivity contribution in [3.05, 3.63) is 58.6 Å². The van der Waals surface area contributed by atoms with E-state index < -0.39 is 17.7 Å². The van der Waals surface area contributed by atoms with Gasteiger partial charge in [0.05, 0.1) is 18.3 Å². The normalized spacial score (nSPS) is 27.5. The van der Waals surface area contributed by atoms with Gasteiger partial charge in [-0.3, -0.25) is 0 Å². The molecule has 3 aromatic rings. The lowest BCUT2D eigenvalue weighted by Gasteiger charge is -2.34. The molecule has 1 N–H and O–H groups in total. The summed E-state index contributed by atoms with van der Waals surface area (Å²) in [6, 6.07) is 7.26. The predicted molar refractivity (Wildman–Crippen MR) is 132 cm³/mol. The molecule has 4 fully saturated rings. The van der Waals surface area contributed by atoms with Gasteiger partial charge in [0.25, 0.3) is 0 Å². The number of piperidine rings is 1. The Morgan fingerprint density at radius 2 is 1.97 bits per heavy atom. The van der Waals surface area contributed by atoms with Crippen molar-refractivity contribution in [3.63, 3.8) is 0 Å². The van der Waals surface area contributed by atoms with Gasteiger partial charge < -0.3 is 19.3 Å². The molecule has 0 spiro atoms. The molecule has 7 rings (SSSR count). The molecule has 1 aromatic carbocycles. The summed E-state index contributed by atoms with van der Waals surface area (Å²) in [6.45, 7) is 1.90. The van der Waals surface area contributed by atoms with Crippen molar-refractivity contribution in [2.45, 2.75) is 75.9 Å². The number of ether oxygens (including phenoxy) is 1. The molecule has 8 nitrogen and oxygen atoms in total. The van der Waals surface area contributed by atoms with Gasteiger partial charge in [-0.2, -0.15) is 13.2 Å². The number of nitrogens with zero attached hydrogens (tertiary/aromatic N) is 4. The smallest absolute Gasteiger partial charge is 0.417 e. The van der Waals surface area contributed by atoms with E-state index >= 15 is 0 Å². The molecule has 11 heteroatoms. The van der Waals surface area contributed by atoms with Gasteiger partial charge in [-0.05, 0) is 57.1 Å². The fraction of sp³-hybridized carbons (Fsp3) is 0.500. The molecule has 5 atom stereocenters. The maximum atomic E-state index is 13.8. The maximum absolute atomic E-state index is 13.8. The quantitative estimate of drug-likeness (QED) is 0.413. The minimum atomic E-state index is -4.51. The van der Waals surface area contributed by atoms with Gasteiger partial charge in [-0.1, -0.05) is 23.4 Å². The van der Waals surface area contributed by atoms with Crippen LogP contribution >= 0.6 is 0 Å². The van der Waals surface area contributed by atoms with E-state index in [9.17, 15) is 23.1 Å². The number of alkyl halides is 3. The number of carbonyl (C=O) groups is 1. The summed E-state index contributed by atoms with van der Waals surface area (Å²) >= 11 is 0. The lowest BCUT2D eigenvalue weighted by Crippen LogP contribution is -2.42. The Balaban J connectivity index is 1.14. The van der Waals surface area contributed by atoms with Crippen LogP contribution in [0.2, 0.25) is 0 Å². The maximum Gasteiger partial charge on any atom is 0.417 e. The van der Waals surface area contributed by atoms with Crippen LogP contribution in [0.1, 0.15) is 71.1 Å². The molecule has 2 saturated heterocycles. The van der Waals surface area contributed by atoms with Crippen LogP contribution < -0.4 is 4.90 Å². The summed E-state index contributed by atoms with van der Waals surface area (Å²) in [5.41, 5.74) is 0.653. The Morgan fingerprint density at radius 3 is 2.72 bits per heavy atom. The van der Waals surface area contributed by atoms with E-state index in [2.05, 4.69) is 20.0 Å². The second kappa shape index (κ2) is 8.77. The third-order valence-corrected chi connectivity index (χ3v) is 8.66. The van der Waals surface area contributed by atoms with Crippen molar-refractivity contribution in [1.29, 1.82) is 0 Å². The lowest BCUT2D eigenvalue weighted by molar-refractivity contribution is -0.137. The highest BCUT2D eigenvalue weighted by Gasteiger charge is 2.64. The number of benzene rings is 1.